The third kappa shape index (κ3) is 2.06. The second-order valence-corrected chi connectivity index (χ2v) is 5.35. The van der Waals surface area contributed by atoms with E-state index in [9.17, 15) is 9.90 Å². The number of aryl methyl sites for hydroxylation is 1. The van der Waals surface area contributed by atoms with E-state index in [4.69, 9.17) is 11.6 Å². The van der Waals surface area contributed by atoms with Crippen LogP contribution >= 0.6 is 11.6 Å². The molecule has 0 saturated carbocycles. The summed E-state index contributed by atoms with van der Waals surface area (Å²) in [7, 11) is 0. The van der Waals surface area contributed by atoms with Gasteiger partial charge >= 0.3 is 5.97 Å². The Kier molecular flexibility index (Phi) is 3.03. The van der Waals surface area contributed by atoms with Crippen molar-refractivity contribution in [2.75, 3.05) is 0 Å². The van der Waals surface area contributed by atoms with Gasteiger partial charge in [-0.2, -0.15) is 0 Å². The number of aromatic nitrogens is 1. The van der Waals surface area contributed by atoms with E-state index in [0.29, 0.717) is 10.7 Å². The van der Waals surface area contributed by atoms with Crippen molar-refractivity contribution in [1.82, 2.24) is 4.98 Å². The van der Waals surface area contributed by atoms with Crippen LogP contribution in [-0.2, 0) is 10.2 Å². The van der Waals surface area contributed by atoms with E-state index in [1.165, 1.54) is 0 Å². The van der Waals surface area contributed by atoms with Crippen LogP contribution < -0.4 is 0 Å². The number of halogens is 1. The number of carbonyl (C=O) groups is 1. The largest absolute Gasteiger partial charge is 0.481 e. The van der Waals surface area contributed by atoms with Crippen molar-refractivity contribution in [3.63, 3.8) is 0 Å². The third-order valence-electron chi connectivity index (χ3n) is 3.15. The fourth-order valence-corrected chi connectivity index (χ4v) is 1.97. The first kappa shape index (κ1) is 12.8. The number of hydrogen-bond donors (Lipinski definition) is 1. The van der Waals surface area contributed by atoms with Crippen molar-refractivity contribution in [2.24, 2.45) is 0 Å². The quantitative estimate of drug-likeness (QED) is 0.901. The second-order valence-electron chi connectivity index (χ2n) is 4.92. The summed E-state index contributed by atoms with van der Waals surface area (Å²) in [5.41, 5.74) is 1.30. The van der Waals surface area contributed by atoms with E-state index in [1.54, 1.807) is 19.9 Å². The molecule has 1 heterocycles. The van der Waals surface area contributed by atoms with Gasteiger partial charge in [0, 0.05) is 10.4 Å². The SMILES string of the molecule is Cc1cc(C(C)(C)C(=O)O)nc2ccc(Cl)cc12. The molecule has 94 valence electrons. The predicted molar refractivity (Wildman–Crippen MR) is 72.2 cm³/mol. The summed E-state index contributed by atoms with van der Waals surface area (Å²) >= 11 is 5.95. The van der Waals surface area contributed by atoms with Gasteiger partial charge < -0.3 is 5.11 Å². The molecule has 0 radical (unpaired) electrons. The summed E-state index contributed by atoms with van der Waals surface area (Å²) < 4.78 is 0. The number of hydrogen-bond acceptors (Lipinski definition) is 2. The Morgan fingerprint density at radius 2 is 2.00 bits per heavy atom. The highest BCUT2D eigenvalue weighted by molar-refractivity contribution is 6.31. The van der Waals surface area contributed by atoms with Crippen LogP contribution in [0.25, 0.3) is 10.9 Å². The van der Waals surface area contributed by atoms with Crippen LogP contribution in [0.15, 0.2) is 24.3 Å². The maximum atomic E-state index is 11.3. The summed E-state index contributed by atoms with van der Waals surface area (Å²) in [6.45, 7) is 5.24. The van der Waals surface area contributed by atoms with Crippen molar-refractivity contribution >= 4 is 28.5 Å². The van der Waals surface area contributed by atoms with Crippen molar-refractivity contribution in [2.45, 2.75) is 26.2 Å². The summed E-state index contributed by atoms with van der Waals surface area (Å²) in [6.07, 6.45) is 0. The van der Waals surface area contributed by atoms with Crippen molar-refractivity contribution < 1.29 is 9.90 Å². The molecule has 0 bridgehead atoms. The monoisotopic (exact) mass is 263 g/mol. The van der Waals surface area contributed by atoms with Gasteiger partial charge in [-0.1, -0.05) is 11.6 Å². The van der Waals surface area contributed by atoms with E-state index in [-0.39, 0.29) is 0 Å². The molecule has 0 amide bonds. The number of rotatable bonds is 2. The summed E-state index contributed by atoms with van der Waals surface area (Å²) in [6, 6.07) is 7.23. The van der Waals surface area contributed by atoms with Crippen LogP contribution in [0.2, 0.25) is 5.02 Å². The van der Waals surface area contributed by atoms with E-state index >= 15 is 0 Å². The first-order chi connectivity index (χ1) is 8.32. The molecule has 18 heavy (non-hydrogen) atoms. The Bertz CT molecular complexity index is 635. The van der Waals surface area contributed by atoms with E-state index in [0.717, 1.165) is 16.5 Å². The van der Waals surface area contributed by atoms with Gasteiger partial charge in [-0.05, 0) is 50.6 Å². The summed E-state index contributed by atoms with van der Waals surface area (Å²) in [4.78, 5) is 15.7. The van der Waals surface area contributed by atoms with Gasteiger partial charge in [0.15, 0.2) is 0 Å². The minimum Gasteiger partial charge on any atom is -0.481 e. The lowest BCUT2D eigenvalue weighted by atomic mass is 9.87. The standard InChI is InChI=1S/C14H14ClNO2/c1-8-6-12(14(2,3)13(17)18)16-11-5-4-9(15)7-10(8)11/h4-7H,1-3H3,(H,17,18). The molecule has 1 aromatic carbocycles. The normalized spacial score (nSPS) is 11.8. The van der Waals surface area contributed by atoms with Crippen molar-refractivity contribution in [3.05, 3.63) is 40.5 Å². The highest BCUT2D eigenvalue weighted by atomic mass is 35.5. The minimum atomic E-state index is -1.00. The van der Waals surface area contributed by atoms with Gasteiger partial charge in [-0.25, -0.2) is 0 Å². The highest BCUT2D eigenvalue weighted by Crippen LogP contribution is 2.28. The smallest absolute Gasteiger partial charge is 0.315 e. The first-order valence-corrected chi connectivity index (χ1v) is 6.01. The molecule has 0 aliphatic carbocycles. The van der Waals surface area contributed by atoms with Crippen LogP contribution in [0.4, 0.5) is 0 Å². The Hall–Kier alpha value is -1.61. The number of carboxylic acids is 1. The molecule has 0 spiro atoms. The van der Waals surface area contributed by atoms with Crippen LogP contribution in [0, 0.1) is 6.92 Å². The first-order valence-electron chi connectivity index (χ1n) is 5.63. The molecule has 4 heteroatoms. The van der Waals surface area contributed by atoms with Crippen molar-refractivity contribution in [1.29, 1.82) is 0 Å². The minimum absolute atomic E-state index is 0.558. The zero-order valence-electron chi connectivity index (χ0n) is 10.5. The molecule has 0 atom stereocenters. The third-order valence-corrected chi connectivity index (χ3v) is 3.39. The van der Waals surface area contributed by atoms with Crippen LogP contribution in [0.3, 0.4) is 0 Å². The lowest BCUT2D eigenvalue weighted by molar-refractivity contribution is -0.142. The zero-order valence-corrected chi connectivity index (χ0v) is 11.2. The van der Waals surface area contributed by atoms with Gasteiger partial charge in [0.05, 0.1) is 11.2 Å². The molecule has 3 nitrogen and oxygen atoms in total. The van der Waals surface area contributed by atoms with E-state index in [2.05, 4.69) is 4.98 Å². The van der Waals surface area contributed by atoms with Crippen LogP contribution in [0.1, 0.15) is 25.1 Å². The maximum absolute atomic E-state index is 11.3. The van der Waals surface area contributed by atoms with Gasteiger partial charge in [0.1, 0.15) is 5.41 Å². The number of carboxylic acid groups (broad SMARTS) is 1. The van der Waals surface area contributed by atoms with Gasteiger partial charge in [-0.3, -0.25) is 9.78 Å². The number of fused-ring (bicyclic) bond motifs is 1. The molecular formula is C14H14ClNO2. The predicted octanol–water partition coefficient (Wildman–Crippen LogP) is 3.56. The molecule has 1 N–H and O–H groups in total. The van der Waals surface area contributed by atoms with Gasteiger partial charge in [0.2, 0.25) is 0 Å². The lowest BCUT2D eigenvalue weighted by Crippen LogP contribution is -2.29. The Balaban J connectivity index is 2.70. The highest BCUT2D eigenvalue weighted by Gasteiger charge is 2.31. The molecular weight excluding hydrogens is 250 g/mol. The molecule has 0 unspecified atom stereocenters. The Morgan fingerprint density at radius 3 is 2.61 bits per heavy atom. The van der Waals surface area contributed by atoms with Crippen LogP contribution in [0.5, 0.6) is 0 Å². The fraction of sp³-hybridized carbons (Fsp3) is 0.286. The average molecular weight is 264 g/mol. The van der Waals surface area contributed by atoms with Crippen LogP contribution in [-0.4, -0.2) is 16.1 Å². The summed E-state index contributed by atoms with van der Waals surface area (Å²) in [5.74, 6) is -0.886. The molecule has 0 saturated heterocycles. The average Bonchev–Trinajstić information content (AvgIpc) is 2.29. The maximum Gasteiger partial charge on any atom is 0.315 e. The molecule has 1 aromatic heterocycles. The van der Waals surface area contributed by atoms with E-state index in [1.807, 2.05) is 25.1 Å². The molecule has 0 aliphatic heterocycles. The molecule has 0 aliphatic rings. The molecule has 0 fully saturated rings. The lowest BCUT2D eigenvalue weighted by Gasteiger charge is -2.19. The second kappa shape index (κ2) is 4.25. The van der Waals surface area contributed by atoms with E-state index < -0.39 is 11.4 Å². The van der Waals surface area contributed by atoms with Gasteiger partial charge in [0.25, 0.3) is 0 Å². The number of benzene rings is 1. The number of aliphatic carboxylic acids is 1. The molecule has 2 rings (SSSR count). The Morgan fingerprint density at radius 1 is 1.33 bits per heavy atom. The molecule has 2 aromatic rings. The number of pyridine rings is 1. The fourth-order valence-electron chi connectivity index (χ4n) is 1.80. The van der Waals surface area contributed by atoms with Crippen molar-refractivity contribution in [3.8, 4) is 0 Å². The number of nitrogens with zero attached hydrogens (tertiary/aromatic N) is 1. The topological polar surface area (TPSA) is 50.2 Å². The summed E-state index contributed by atoms with van der Waals surface area (Å²) in [5, 5.41) is 10.8. The zero-order chi connectivity index (χ0) is 13.5. The van der Waals surface area contributed by atoms with Gasteiger partial charge in [-0.15, -0.1) is 0 Å². The Labute approximate surface area is 110 Å².